The summed E-state index contributed by atoms with van der Waals surface area (Å²) in [5.74, 6) is 0.841. The standard InChI is InChI=1S/C80H54N4O2/c1-45(2)47-21-27-53(28-22-47)81(57-41-63-59-13-5-9-17-69(59)83-70-18-10-6-14-60(70)64(42-57)79(63)83)55-31-25-49-37-67-75(39-51(49)35-55)85-73-33-34-74-78(77(67)73)68-38-50-26-32-56(36-52(50)40-76(68)86-74)82(54-29-23-48(24-30-54)46(3)4)58-43-65-61-15-7-11-19-71(61)84-72-20-12-8-16-62(72)66(44-58)80(65)84/h5-46H,1-4H3. The molecule has 0 fully saturated rings. The Hall–Kier alpha value is -10.8. The second-order valence-electron chi connectivity index (χ2n) is 24.5. The van der Waals surface area contributed by atoms with E-state index in [2.05, 4.69) is 289 Å². The zero-order valence-electron chi connectivity index (χ0n) is 47.9. The molecule has 0 N–H and O–H groups in total. The van der Waals surface area contributed by atoms with E-state index in [4.69, 9.17) is 8.83 Å². The van der Waals surface area contributed by atoms with Gasteiger partial charge in [0.1, 0.15) is 22.3 Å². The number of hydrogen-bond donors (Lipinski definition) is 0. The second kappa shape index (κ2) is 17.4. The summed E-state index contributed by atoms with van der Waals surface area (Å²) in [7, 11) is 0. The van der Waals surface area contributed by atoms with Crippen molar-refractivity contribution in [1.29, 1.82) is 0 Å². The van der Waals surface area contributed by atoms with Gasteiger partial charge in [-0.15, -0.1) is 0 Å². The summed E-state index contributed by atoms with van der Waals surface area (Å²) in [5.41, 5.74) is 20.0. The van der Waals surface area contributed by atoms with Crippen LogP contribution in [0, 0.1) is 0 Å². The number of aromatic nitrogens is 2. The highest BCUT2D eigenvalue weighted by atomic mass is 16.3. The summed E-state index contributed by atoms with van der Waals surface area (Å²) in [5, 5.41) is 18.8. The molecular weight excluding hydrogens is 1050 g/mol. The first-order valence-electron chi connectivity index (χ1n) is 30.1. The SMILES string of the molecule is CC(C)c1ccc(N(c2ccc3cc4c(cc3c2)oc2ccc3oc5cc6cc(N(c7ccc(C(C)C)cc7)c7cc8c9ccccc9n9c%10ccccc%10c(c7)c89)ccc6cc5c3c24)c2cc3c4ccccc4n4c5ccccc5c(c2)c34)cc1. The van der Waals surface area contributed by atoms with E-state index in [0.717, 1.165) is 99.5 Å². The van der Waals surface area contributed by atoms with E-state index in [1.165, 1.54) is 87.3 Å². The summed E-state index contributed by atoms with van der Waals surface area (Å²) < 4.78 is 18.7. The summed E-state index contributed by atoms with van der Waals surface area (Å²) in [6.45, 7) is 9.03. The van der Waals surface area contributed by atoms with Gasteiger partial charge in [0.2, 0.25) is 0 Å². The lowest BCUT2D eigenvalue weighted by Gasteiger charge is -2.26. The van der Waals surface area contributed by atoms with Crippen molar-refractivity contribution in [3.8, 4) is 0 Å². The average Bonchev–Trinajstić information content (AvgIpc) is 1.67. The number of anilines is 6. The Morgan fingerprint density at radius 3 is 0.953 bits per heavy atom. The topological polar surface area (TPSA) is 41.6 Å². The quantitative estimate of drug-likeness (QED) is 0.152. The molecular formula is C80H54N4O2. The molecule has 406 valence electrons. The Labute approximate surface area is 493 Å². The molecule has 6 heteroatoms. The van der Waals surface area contributed by atoms with Gasteiger partial charge in [0.25, 0.3) is 0 Å². The van der Waals surface area contributed by atoms with E-state index in [1.807, 2.05) is 0 Å². The lowest BCUT2D eigenvalue weighted by atomic mass is 9.99. The third kappa shape index (κ3) is 6.61. The van der Waals surface area contributed by atoms with Crippen LogP contribution in [0.2, 0.25) is 0 Å². The molecule has 6 heterocycles. The Morgan fingerprint density at radius 1 is 0.267 bits per heavy atom. The van der Waals surface area contributed by atoms with Gasteiger partial charge in [-0.25, -0.2) is 0 Å². The molecule has 0 amide bonds. The van der Waals surface area contributed by atoms with Crippen LogP contribution in [0.25, 0.3) is 142 Å². The van der Waals surface area contributed by atoms with E-state index in [-0.39, 0.29) is 0 Å². The number of para-hydroxylation sites is 4. The number of benzene rings is 13. The van der Waals surface area contributed by atoms with Gasteiger partial charge in [0.05, 0.1) is 33.1 Å². The number of rotatable bonds is 8. The highest BCUT2D eigenvalue weighted by molar-refractivity contribution is 6.29. The maximum Gasteiger partial charge on any atom is 0.136 e. The van der Waals surface area contributed by atoms with Gasteiger partial charge in [-0.1, -0.05) is 137 Å². The lowest BCUT2D eigenvalue weighted by Crippen LogP contribution is -2.10. The Morgan fingerprint density at radius 2 is 0.605 bits per heavy atom. The van der Waals surface area contributed by atoms with Crippen molar-refractivity contribution in [1.82, 2.24) is 8.80 Å². The maximum absolute atomic E-state index is 6.90. The molecule has 0 atom stereocenters. The molecule has 0 aliphatic rings. The van der Waals surface area contributed by atoms with E-state index in [9.17, 15) is 0 Å². The fourth-order valence-electron chi connectivity index (χ4n) is 14.9. The zero-order valence-corrected chi connectivity index (χ0v) is 47.9. The maximum atomic E-state index is 6.90. The predicted molar refractivity (Wildman–Crippen MR) is 363 cm³/mol. The van der Waals surface area contributed by atoms with Crippen LogP contribution in [-0.2, 0) is 0 Å². The van der Waals surface area contributed by atoms with Crippen LogP contribution >= 0.6 is 0 Å². The molecule has 0 aliphatic carbocycles. The van der Waals surface area contributed by atoms with Crippen molar-refractivity contribution in [2.45, 2.75) is 39.5 Å². The zero-order chi connectivity index (χ0) is 56.8. The fourth-order valence-corrected chi connectivity index (χ4v) is 14.9. The molecule has 0 aliphatic heterocycles. The Bertz CT molecular complexity index is 5500. The highest BCUT2D eigenvalue weighted by Gasteiger charge is 2.26. The van der Waals surface area contributed by atoms with Gasteiger partial charge in [0, 0.05) is 98.8 Å². The van der Waals surface area contributed by atoms with Crippen molar-refractivity contribution < 1.29 is 8.83 Å². The number of hydrogen-bond acceptors (Lipinski definition) is 4. The molecule has 0 saturated carbocycles. The van der Waals surface area contributed by atoms with E-state index in [1.54, 1.807) is 0 Å². The minimum absolute atomic E-state index is 0.420. The van der Waals surface area contributed by atoms with Crippen LogP contribution in [-0.4, -0.2) is 8.80 Å². The van der Waals surface area contributed by atoms with Gasteiger partial charge >= 0.3 is 0 Å². The normalized spacial score (nSPS) is 12.6. The van der Waals surface area contributed by atoms with Crippen molar-refractivity contribution >= 4 is 176 Å². The van der Waals surface area contributed by atoms with Crippen LogP contribution < -0.4 is 9.80 Å². The first kappa shape index (κ1) is 47.6. The Balaban J connectivity index is 0.753. The van der Waals surface area contributed by atoms with E-state index >= 15 is 0 Å². The van der Waals surface area contributed by atoms with Gasteiger partial charge in [-0.2, -0.15) is 0 Å². The largest absolute Gasteiger partial charge is 0.456 e. The lowest BCUT2D eigenvalue weighted by molar-refractivity contribution is 0.663. The fraction of sp³-hybridized carbons (Fsp3) is 0.0750. The van der Waals surface area contributed by atoms with Crippen molar-refractivity contribution in [3.63, 3.8) is 0 Å². The Kier molecular flexibility index (Phi) is 9.63. The third-order valence-electron chi connectivity index (χ3n) is 19.0. The van der Waals surface area contributed by atoms with Crippen LogP contribution in [0.4, 0.5) is 34.1 Å². The molecule has 0 bridgehead atoms. The number of nitrogens with zero attached hydrogens (tertiary/aromatic N) is 4. The van der Waals surface area contributed by atoms with Crippen LogP contribution in [0.15, 0.2) is 251 Å². The first-order valence-corrected chi connectivity index (χ1v) is 30.1. The number of furan rings is 2. The summed E-state index contributed by atoms with van der Waals surface area (Å²) in [6.07, 6.45) is 0. The highest BCUT2D eigenvalue weighted by Crippen LogP contribution is 2.49. The van der Waals surface area contributed by atoms with Crippen LogP contribution in [0.3, 0.4) is 0 Å². The van der Waals surface area contributed by atoms with Gasteiger partial charge < -0.3 is 27.4 Å². The summed E-state index contributed by atoms with van der Waals surface area (Å²) in [6, 6.07) is 90.1. The monoisotopic (exact) mass is 1100 g/mol. The predicted octanol–water partition coefficient (Wildman–Crippen LogP) is 23.3. The van der Waals surface area contributed by atoms with Gasteiger partial charge in [0.15, 0.2) is 0 Å². The molecule has 0 radical (unpaired) electrons. The van der Waals surface area contributed by atoms with Gasteiger partial charge in [-0.05, 0) is 178 Å². The molecule has 6 nitrogen and oxygen atoms in total. The average molecular weight is 1100 g/mol. The minimum atomic E-state index is 0.420. The third-order valence-corrected chi connectivity index (χ3v) is 19.0. The van der Waals surface area contributed by atoms with E-state index in [0.29, 0.717) is 11.8 Å². The van der Waals surface area contributed by atoms with Crippen molar-refractivity contribution in [2.75, 3.05) is 9.80 Å². The van der Waals surface area contributed by atoms with Crippen LogP contribution in [0.5, 0.6) is 0 Å². The molecule has 0 spiro atoms. The molecule has 13 aromatic carbocycles. The van der Waals surface area contributed by atoms with Crippen molar-refractivity contribution in [3.05, 3.63) is 254 Å². The molecule has 19 rings (SSSR count). The molecule has 6 aromatic heterocycles. The minimum Gasteiger partial charge on any atom is -0.456 e. The molecule has 86 heavy (non-hydrogen) atoms. The van der Waals surface area contributed by atoms with Crippen LogP contribution in [0.1, 0.15) is 50.7 Å². The molecule has 19 aromatic rings. The summed E-state index contributed by atoms with van der Waals surface area (Å²) in [4.78, 5) is 4.86. The van der Waals surface area contributed by atoms with E-state index < -0.39 is 0 Å². The molecule has 0 saturated heterocycles. The second-order valence-corrected chi connectivity index (χ2v) is 24.5. The first-order chi connectivity index (χ1) is 42.3. The van der Waals surface area contributed by atoms with Crippen molar-refractivity contribution in [2.24, 2.45) is 0 Å². The summed E-state index contributed by atoms with van der Waals surface area (Å²) >= 11 is 0. The number of fused-ring (bicyclic) bond motifs is 21. The smallest absolute Gasteiger partial charge is 0.136 e. The van der Waals surface area contributed by atoms with Gasteiger partial charge in [-0.3, -0.25) is 0 Å². The molecule has 0 unspecified atom stereocenters.